The number of aliphatic hydroxyl groups is 1. The summed E-state index contributed by atoms with van der Waals surface area (Å²) < 4.78 is 13.2. The highest BCUT2D eigenvalue weighted by molar-refractivity contribution is 5.23. The van der Waals surface area contributed by atoms with E-state index >= 15 is 0 Å². The summed E-state index contributed by atoms with van der Waals surface area (Å²) in [7, 11) is 0. The first-order valence-corrected chi connectivity index (χ1v) is 4.06. The van der Waals surface area contributed by atoms with Gasteiger partial charge in [-0.1, -0.05) is 23.3 Å². The largest absolute Gasteiger partial charge is 0.385 e. The molecule has 4 nitrogen and oxygen atoms in total. The Labute approximate surface area is 80.6 Å². The van der Waals surface area contributed by atoms with Gasteiger partial charge in [-0.2, -0.15) is 0 Å². The van der Waals surface area contributed by atoms with Crippen LogP contribution >= 0.6 is 0 Å². The van der Waals surface area contributed by atoms with Crippen LogP contribution in [0.2, 0.25) is 0 Å². The zero-order chi connectivity index (χ0) is 10.6. The van der Waals surface area contributed by atoms with Gasteiger partial charge in [0.25, 0.3) is 0 Å². The number of benzene rings is 1. The Bertz CT molecular complexity index is 372. The Hall–Kier alpha value is -1.58. The van der Waals surface area contributed by atoms with Crippen LogP contribution in [0.4, 0.5) is 4.39 Å². The molecule has 0 amide bonds. The normalized spacial score (nSPS) is 14.2. The molecule has 0 heterocycles. The Kier molecular flexibility index (Phi) is 3.06. The second-order valence-electron chi connectivity index (χ2n) is 3.14. The lowest BCUT2D eigenvalue weighted by molar-refractivity contribution is 0.0630. The summed E-state index contributed by atoms with van der Waals surface area (Å²) in [5, 5.41) is 13.0. The predicted octanol–water partition coefficient (Wildman–Crippen LogP) is 2.34. The average Bonchev–Trinajstić information content (AvgIpc) is 2.15. The van der Waals surface area contributed by atoms with E-state index in [1.54, 1.807) is 6.07 Å². The zero-order valence-electron chi connectivity index (χ0n) is 7.68. The summed E-state index contributed by atoms with van der Waals surface area (Å²) in [6, 6.07) is 5.85. The second-order valence-corrected chi connectivity index (χ2v) is 3.14. The third kappa shape index (κ3) is 2.22. The van der Waals surface area contributed by atoms with E-state index in [2.05, 4.69) is 10.0 Å². The smallest absolute Gasteiger partial charge is 0.129 e. The lowest BCUT2D eigenvalue weighted by Crippen LogP contribution is -2.26. The fourth-order valence-electron chi connectivity index (χ4n) is 1.15. The molecule has 0 aromatic heterocycles. The number of rotatable bonds is 3. The van der Waals surface area contributed by atoms with Crippen molar-refractivity contribution in [3.63, 3.8) is 0 Å². The van der Waals surface area contributed by atoms with E-state index < -0.39 is 11.4 Å². The summed E-state index contributed by atoms with van der Waals surface area (Å²) in [5.74, 6) is -0.509. The molecule has 0 radical (unpaired) electrons. The molecule has 0 aliphatic rings. The summed E-state index contributed by atoms with van der Waals surface area (Å²) in [4.78, 5) is 2.52. The van der Waals surface area contributed by atoms with Crippen molar-refractivity contribution < 1.29 is 9.50 Å². The van der Waals surface area contributed by atoms with Crippen molar-refractivity contribution >= 4 is 0 Å². The molecule has 1 rings (SSSR count). The lowest BCUT2D eigenvalue weighted by atomic mass is 9.96. The van der Waals surface area contributed by atoms with Gasteiger partial charge in [-0.05, 0) is 18.5 Å². The third-order valence-electron chi connectivity index (χ3n) is 1.90. The SMILES string of the molecule is C[C@@](O)(CN=[N+]=[N-])c1ccccc1F. The molecule has 5 heteroatoms. The fraction of sp³-hybridized carbons (Fsp3) is 0.333. The maximum atomic E-state index is 13.2. The van der Waals surface area contributed by atoms with Crippen molar-refractivity contribution in [1.29, 1.82) is 0 Å². The minimum absolute atomic E-state index is 0.132. The van der Waals surface area contributed by atoms with Gasteiger partial charge in [0.2, 0.25) is 0 Å². The van der Waals surface area contributed by atoms with Gasteiger partial charge in [0.05, 0.1) is 12.1 Å². The van der Waals surface area contributed by atoms with Gasteiger partial charge < -0.3 is 5.11 Å². The maximum absolute atomic E-state index is 13.2. The van der Waals surface area contributed by atoms with Crippen LogP contribution in [0.15, 0.2) is 29.4 Å². The van der Waals surface area contributed by atoms with E-state index in [9.17, 15) is 9.50 Å². The molecule has 1 aromatic carbocycles. The molecule has 1 N–H and O–H groups in total. The Balaban J connectivity index is 3.02. The summed E-state index contributed by atoms with van der Waals surface area (Å²) >= 11 is 0. The van der Waals surface area contributed by atoms with Crippen LogP contribution in [-0.2, 0) is 5.60 Å². The van der Waals surface area contributed by atoms with Gasteiger partial charge in [0.15, 0.2) is 0 Å². The lowest BCUT2D eigenvalue weighted by Gasteiger charge is -2.21. The average molecular weight is 195 g/mol. The first-order chi connectivity index (χ1) is 6.58. The van der Waals surface area contributed by atoms with E-state index in [-0.39, 0.29) is 12.1 Å². The molecule has 1 atom stereocenters. The van der Waals surface area contributed by atoms with Crippen LogP contribution < -0.4 is 0 Å². The maximum Gasteiger partial charge on any atom is 0.129 e. The Morgan fingerprint density at radius 1 is 1.57 bits per heavy atom. The van der Waals surface area contributed by atoms with Crippen molar-refractivity contribution in [3.8, 4) is 0 Å². The summed E-state index contributed by atoms with van der Waals surface area (Å²) in [5.41, 5.74) is 6.77. The number of halogens is 1. The highest BCUT2D eigenvalue weighted by atomic mass is 19.1. The van der Waals surface area contributed by atoms with Gasteiger partial charge in [0.1, 0.15) is 5.82 Å². The van der Waals surface area contributed by atoms with E-state index in [1.807, 2.05) is 0 Å². The molecule has 74 valence electrons. The Morgan fingerprint density at radius 2 is 2.21 bits per heavy atom. The van der Waals surface area contributed by atoms with Gasteiger partial charge >= 0.3 is 0 Å². The highest BCUT2D eigenvalue weighted by Gasteiger charge is 2.25. The zero-order valence-corrected chi connectivity index (χ0v) is 7.68. The minimum atomic E-state index is -1.46. The molecule has 0 saturated heterocycles. The van der Waals surface area contributed by atoms with Crippen LogP contribution in [0.5, 0.6) is 0 Å². The van der Waals surface area contributed by atoms with Crippen LogP contribution in [0.3, 0.4) is 0 Å². The van der Waals surface area contributed by atoms with Gasteiger partial charge in [0, 0.05) is 10.5 Å². The molecular weight excluding hydrogens is 185 g/mol. The summed E-state index contributed by atoms with van der Waals surface area (Å²) in [6.07, 6.45) is 0. The van der Waals surface area contributed by atoms with Crippen LogP contribution in [0.1, 0.15) is 12.5 Å². The fourth-order valence-corrected chi connectivity index (χ4v) is 1.15. The monoisotopic (exact) mass is 195 g/mol. The number of hydrogen-bond donors (Lipinski definition) is 1. The second kappa shape index (κ2) is 4.09. The molecule has 0 fully saturated rings. The van der Waals surface area contributed by atoms with Gasteiger partial charge in [-0.25, -0.2) is 4.39 Å². The molecule has 14 heavy (non-hydrogen) atoms. The molecule has 1 aromatic rings. The topological polar surface area (TPSA) is 69.0 Å². The summed E-state index contributed by atoms with van der Waals surface area (Å²) in [6.45, 7) is 1.21. The van der Waals surface area contributed by atoms with E-state index in [4.69, 9.17) is 5.53 Å². The van der Waals surface area contributed by atoms with Crippen LogP contribution in [-0.4, -0.2) is 11.7 Å². The minimum Gasteiger partial charge on any atom is -0.385 e. The van der Waals surface area contributed by atoms with Crippen molar-refractivity contribution in [2.24, 2.45) is 5.11 Å². The molecular formula is C9H10FN3O. The van der Waals surface area contributed by atoms with Crippen LogP contribution in [0.25, 0.3) is 10.4 Å². The quantitative estimate of drug-likeness (QED) is 0.449. The Morgan fingerprint density at radius 3 is 2.79 bits per heavy atom. The van der Waals surface area contributed by atoms with Crippen LogP contribution in [0, 0.1) is 5.82 Å². The van der Waals surface area contributed by atoms with Crippen molar-refractivity contribution in [2.75, 3.05) is 6.54 Å². The van der Waals surface area contributed by atoms with Gasteiger partial charge in [-0.3, -0.25) is 0 Å². The molecule has 0 spiro atoms. The number of nitrogens with zero attached hydrogens (tertiary/aromatic N) is 3. The first-order valence-electron chi connectivity index (χ1n) is 4.06. The molecule has 0 bridgehead atoms. The van der Waals surface area contributed by atoms with E-state index in [0.717, 1.165) is 0 Å². The number of azide groups is 1. The highest BCUT2D eigenvalue weighted by Crippen LogP contribution is 2.23. The van der Waals surface area contributed by atoms with Gasteiger partial charge in [-0.15, -0.1) is 0 Å². The third-order valence-corrected chi connectivity index (χ3v) is 1.90. The van der Waals surface area contributed by atoms with Crippen molar-refractivity contribution in [2.45, 2.75) is 12.5 Å². The van der Waals surface area contributed by atoms with Crippen molar-refractivity contribution in [1.82, 2.24) is 0 Å². The van der Waals surface area contributed by atoms with E-state index in [0.29, 0.717) is 0 Å². The first kappa shape index (κ1) is 10.5. The molecule has 0 saturated carbocycles. The molecule has 0 unspecified atom stereocenters. The molecule has 0 aliphatic heterocycles. The van der Waals surface area contributed by atoms with E-state index in [1.165, 1.54) is 25.1 Å². The standard InChI is InChI=1S/C9H10FN3O/c1-9(14,6-12-13-11)7-4-2-3-5-8(7)10/h2-5,14H,6H2,1H3/t9-/m1/s1. The molecule has 0 aliphatic carbocycles. The number of hydrogen-bond acceptors (Lipinski definition) is 2. The van der Waals surface area contributed by atoms with Crippen molar-refractivity contribution in [3.05, 3.63) is 46.1 Å². The predicted molar refractivity (Wildman–Crippen MR) is 50.0 cm³/mol.